The minimum atomic E-state index is -0.275. The number of carbonyl (C=O) groups is 1. The van der Waals surface area contributed by atoms with Gasteiger partial charge in [-0.25, -0.2) is 0 Å². The van der Waals surface area contributed by atoms with Crippen molar-refractivity contribution in [3.8, 4) is 22.5 Å². The van der Waals surface area contributed by atoms with Gasteiger partial charge in [-0.3, -0.25) is 14.8 Å². The number of aromatic nitrogens is 5. The van der Waals surface area contributed by atoms with E-state index < -0.39 is 0 Å². The summed E-state index contributed by atoms with van der Waals surface area (Å²) in [6, 6.07) is 15.0. The Morgan fingerprint density at radius 1 is 1.03 bits per heavy atom. The van der Waals surface area contributed by atoms with E-state index in [-0.39, 0.29) is 5.91 Å². The van der Waals surface area contributed by atoms with Crippen LogP contribution >= 0.6 is 0 Å². The maximum atomic E-state index is 12.7. The van der Waals surface area contributed by atoms with Crippen LogP contribution in [0.4, 0.5) is 5.69 Å². The van der Waals surface area contributed by atoms with Gasteiger partial charge in [-0.15, -0.1) is 10.2 Å². The normalized spacial score (nSPS) is 10.7. The molecule has 0 aliphatic rings. The van der Waals surface area contributed by atoms with Crippen molar-refractivity contribution in [1.29, 1.82) is 0 Å². The fraction of sp³-hybridized carbons (Fsp3) is 0.136. The number of benzene rings is 1. The van der Waals surface area contributed by atoms with Crippen LogP contribution in [-0.2, 0) is 6.54 Å². The lowest BCUT2D eigenvalue weighted by atomic mass is 10.1. The monoisotopic (exact) mass is 384 g/mol. The first kappa shape index (κ1) is 18.5. The molecule has 0 aliphatic carbocycles. The van der Waals surface area contributed by atoms with Crippen LogP contribution in [0.2, 0.25) is 0 Å². The first-order valence-corrected chi connectivity index (χ1v) is 9.40. The van der Waals surface area contributed by atoms with Gasteiger partial charge >= 0.3 is 0 Å². The molecule has 0 aliphatic heterocycles. The molecule has 0 unspecified atom stereocenters. The van der Waals surface area contributed by atoms with Crippen LogP contribution in [0.3, 0.4) is 0 Å². The summed E-state index contributed by atoms with van der Waals surface area (Å²) in [6.07, 6.45) is 7.80. The summed E-state index contributed by atoms with van der Waals surface area (Å²) in [7, 11) is 0. The van der Waals surface area contributed by atoms with Crippen molar-refractivity contribution in [3.63, 3.8) is 0 Å². The molecule has 1 amide bonds. The number of carbonyl (C=O) groups excluding carboxylic acids is 1. The van der Waals surface area contributed by atoms with E-state index in [4.69, 9.17) is 0 Å². The van der Waals surface area contributed by atoms with E-state index in [0.29, 0.717) is 11.4 Å². The molecular formula is C22H20N6O. The second kappa shape index (κ2) is 8.43. The van der Waals surface area contributed by atoms with Crippen LogP contribution < -0.4 is 5.32 Å². The summed E-state index contributed by atoms with van der Waals surface area (Å²) in [4.78, 5) is 21.1. The fourth-order valence-corrected chi connectivity index (χ4v) is 3.08. The Morgan fingerprint density at radius 3 is 2.76 bits per heavy atom. The number of hydrogen-bond acceptors (Lipinski definition) is 5. The van der Waals surface area contributed by atoms with Gasteiger partial charge in [0.15, 0.2) is 5.82 Å². The average molecular weight is 384 g/mol. The van der Waals surface area contributed by atoms with Crippen LogP contribution in [0.25, 0.3) is 22.5 Å². The van der Waals surface area contributed by atoms with Gasteiger partial charge in [0, 0.05) is 41.9 Å². The molecule has 0 fully saturated rings. The molecule has 29 heavy (non-hydrogen) atoms. The quantitative estimate of drug-likeness (QED) is 0.542. The third-order valence-corrected chi connectivity index (χ3v) is 4.45. The highest BCUT2D eigenvalue weighted by Crippen LogP contribution is 2.22. The molecule has 7 nitrogen and oxygen atoms in total. The lowest BCUT2D eigenvalue weighted by Crippen LogP contribution is -2.13. The molecule has 0 saturated carbocycles. The topological polar surface area (TPSA) is 85.6 Å². The van der Waals surface area contributed by atoms with Gasteiger partial charge in [-0.05, 0) is 42.3 Å². The number of hydrogen-bond donors (Lipinski definition) is 1. The predicted molar refractivity (Wildman–Crippen MR) is 111 cm³/mol. The van der Waals surface area contributed by atoms with Crippen LogP contribution in [0, 0.1) is 0 Å². The number of rotatable bonds is 6. The van der Waals surface area contributed by atoms with Crippen molar-refractivity contribution in [2.45, 2.75) is 19.9 Å². The molecular weight excluding hydrogens is 364 g/mol. The van der Waals surface area contributed by atoms with Gasteiger partial charge in [0.05, 0.1) is 0 Å². The summed E-state index contributed by atoms with van der Waals surface area (Å²) < 4.78 is 2.00. The number of amides is 1. The van der Waals surface area contributed by atoms with Gasteiger partial charge in [-0.2, -0.15) is 0 Å². The molecule has 7 heteroatoms. The van der Waals surface area contributed by atoms with E-state index in [1.807, 2.05) is 47.0 Å². The van der Waals surface area contributed by atoms with E-state index >= 15 is 0 Å². The van der Waals surface area contributed by atoms with Gasteiger partial charge < -0.3 is 9.88 Å². The molecule has 4 rings (SSSR count). The molecule has 1 N–H and O–H groups in total. The Morgan fingerprint density at radius 2 is 1.93 bits per heavy atom. The molecule has 0 spiro atoms. The smallest absolute Gasteiger partial charge is 0.274 e. The molecule has 4 aromatic rings. The number of nitrogens with zero attached hydrogens (tertiary/aromatic N) is 5. The Hall–Kier alpha value is -3.87. The fourth-order valence-electron chi connectivity index (χ4n) is 3.08. The second-order valence-corrected chi connectivity index (χ2v) is 6.55. The third-order valence-electron chi connectivity index (χ3n) is 4.45. The van der Waals surface area contributed by atoms with E-state index in [9.17, 15) is 4.79 Å². The van der Waals surface area contributed by atoms with Crippen LogP contribution in [0.5, 0.6) is 0 Å². The minimum absolute atomic E-state index is 0.275. The van der Waals surface area contributed by atoms with E-state index in [2.05, 4.69) is 32.4 Å². The predicted octanol–water partition coefficient (Wildman–Crippen LogP) is 4.06. The van der Waals surface area contributed by atoms with Gasteiger partial charge in [0.2, 0.25) is 0 Å². The lowest BCUT2D eigenvalue weighted by molar-refractivity contribution is 0.102. The summed E-state index contributed by atoms with van der Waals surface area (Å²) in [5.74, 6) is 0.502. The zero-order valence-corrected chi connectivity index (χ0v) is 16.0. The van der Waals surface area contributed by atoms with Crippen molar-refractivity contribution >= 4 is 11.6 Å². The molecule has 0 saturated heterocycles. The zero-order valence-electron chi connectivity index (χ0n) is 16.0. The Labute approximate surface area is 168 Å². The van der Waals surface area contributed by atoms with Crippen molar-refractivity contribution < 1.29 is 4.79 Å². The summed E-state index contributed by atoms with van der Waals surface area (Å²) >= 11 is 0. The standard InChI is InChI=1S/C22H20N6O/c1-2-11-28-15-25-27-21(28)17-5-3-7-19(12-17)26-22(29)20-13-16(8-10-24-20)18-6-4-9-23-14-18/h3-10,12-15H,2,11H2,1H3,(H,26,29). The van der Waals surface area contributed by atoms with E-state index in [1.165, 1.54) is 0 Å². The molecule has 3 heterocycles. The summed E-state index contributed by atoms with van der Waals surface area (Å²) in [6.45, 7) is 2.94. The number of anilines is 1. The van der Waals surface area contributed by atoms with Crippen molar-refractivity contribution in [2.24, 2.45) is 0 Å². The highest BCUT2D eigenvalue weighted by atomic mass is 16.1. The molecule has 0 bridgehead atoms. The largest absolute Gasteiger partial charge is 0.321 e. The first-order valence-electron chi connectivity index (χ1n) is 9.40. The van der Waals surface area contributed by atoms with E-state index in [1.54, 1.807) is 31.0 Å². The lowest BCUT2D eigenvalue weighted by Gasteiger charge is -2.09. The van der Waals surface area contributed by atoms with Crippen molar-refractivity contribution in [2.75, 3.05) is 5.32 Å². The summed E-state index contributed by atoms with van der Waals surface area (Å²) in [5.41, 5.74) is 3.73. The minimum Gasteiger partial charge on any atom is -0.321 e. The van der Waals surface area contributed by atoms with Gasteiger partial charge in [-0.1, -0.05) is 25.1 Å². The highest BCUT2D eigenvalue weighted by molar-refractivity contribution is 6.03. The van der Waals surface area contributed by atoms with Crippen molar-refractivity contribution in [1.82, 2.24) is 24.7 Å². The van der Waals surface area contributed by atoms with Crippen LogP contribution in [0.15, 0.2) is 73.4 Å². The Kier molecular flexibility index (Phi) is 5.38. The number of aryl methyl sites for hydroxylation is 1. The van der Waals surface area contributed by atoms with Crippen LogP contribution in [-0.4, -0.2) is 30.6 Å². The maximum Gasteiger partial charge on any atom is 0.274 e. The van der Waals surface area contributed by atoms with E-state index in [0.717, 1.165) is 35.5 Å². The number of pyridine rings is 2. The zero-order chi connectivity index (χ0) is 20.1. The van der Waals surface area contributed by atoms with Crippen LogP contribution in [0.1, 0.15) is 23.8 Å². The third kappa shape index (κ3) is 4.19. The molecule has 0 radical (unpaired) electrons. The molecule has 0 atom stereocenters. The summed E-state index contributed by atoms with van der Waals surface area (Å²) in [5, 5.41) is 11.1. The first-order chi connectivity index (χ1) is 14.2. The molecule has 1 aromatic carbocycles. The number of nitrogens with one attached hydrogen (secondary N) is 1. The average Bonchev–Trinajstić information content (AvgIpc) is 3.23. The van der Waals surface area contributed by atoms with Gasteiger partial charge in [0.25, 0.3) is 5.91 Å². The highest BCUT2D eigenvalue weighted by Gasteiger charge is 2.12. The molecule has 144 valence electrons. The van der Waals surface area contributed by atoms with Crippen molar-refractivity contribution in [3.05, 3.63) is 79.1 Å². The van der Waals surface area contributed by atoms with Gasteiger partial charge in [0.1, 0.15) is 12.0 Å². The Balaban J connectivity index is 1.56. The Bertz CT molecular complexity index is 1120. The maximum absolute atomic E-state index is 12.7. The SMILES string of the molecule is CCCn1cnnc1-c1cccc(NC(=O)c2cc(-c3cccnc3)ccn2)c1. The molecule has 3 aromatic heterocycles. The second-order valence-electron chi connectivity index (χ2n) is 6.55.